The fraction of sp³-hybridized carbons (Fsp3) is 0.455. The molecule has 1 aliphatic carbocycles. The Labute approximate surface area is 78.6 Å². The zero-order chi connectivity index (χ0) is 9.31. The fourth-order valence-corrected chi connectivity index (χ4v) is 1.89. The third-order valence-corrected chi connectivity index (χ3v) is 2.83. The van der Waals surface area contributed by atoms with Gasteiger partial charge < -0.3 is 10.4 Å². The first kappa shape index (κ1) is 8.57. The number of nitrogens with one attached hydrogen (secondary N) is 1. The van der Waals surface area contributed by atoms with Crippen molar-refractivity contribution in [3.63, 3.8) is 0 Å². The van der Waals surface area contributed by atoms with Crippen LogP contribution >= 0.6 is 0 Å². The second-order valence-corrected chi connectivity index (χ2v) is 3.86. The number of aromatic hydroxyl groups is 1. The van der Waals surface area contributed by atoms with Crippen molar-refractivity contribution < 1.29 is 5.11 Å². The number of rotatable bonds is 3. The van der Waals surface area contributed by atoms with E-state index >= 15 is 0 Å². The molecule has 1 aromatic rings. The monoisotopic (exact) mass is 177 g/mol. The molecule has 0 unspecified atom stereocenters. The average molecular weight is 177 g/mol. The van der Waals surface area contributed by atoms with E-state index < -0.39 is 0 Å². The predicted octanol–water partition coefficient (Wildman–Crippen LogP) is 1.64. The second-order valence-electron chi connectivity index (χ2n) is 3.86. The normalized spacial score (nSPS) is 18.5. The predicted molar refractivity (Wildman–Crippen MR) is 52.9 cm³/mol. The molecule has 13 heavy (non-hydrogen) atoms. The summed E-state index contributed by atoms with van der Waals surface area (Å²) in [6.07, 6.45) is 2.47. The Balaban J connectivity index is 2.25. The molecule has 2 heteroatoms. The maximum Gasteiger partial charge on any atom is 0.115 e. The van der Waals surface area contributed by atoms with E-state index in [2.05, 4.69) is 11.4 Å². The van der Waals surface area contributed by atoms with E-state index in [0.29, 0.717) is 11.2 Å². The molecular formula is C11H15NO. The minimum Gasteiger partial charge on any atom is -0.508 e. The molecule has 0 aliphatic heterocycles. The van der Waals surface area contributed by atoms with Gasteiger partial charge in [-0.25, -0.2) is 0 Å². The van der Waals surface area contributed by atoms with Crippen LogP contribution in [0.3, 0.4) is 0 Å². The molecule has 0 saturated heterocycles. The van der Waals surface area contributed by atoms with Gasteiger partial charge >= 0.3 is 0 Å². The van der Waals surface area contributed by atoms with Crippen molar-refractivity contribution in [1.29, 1.82) is 0 Å². The number of likely N-dealkylation sites (N-methyl/N-ethyl adjacent to an activating group) is 1. The summed E-state index contributed by atoms with van der Waals surface area (Å²) >= 11 is 0. The van der Waals surface area contributed by atoms with Crippen molar-refractivity contribution >= 4 is 0 Å². The van der Waals surface area contributed by atoms with Crippen molar-refractivity contribution in [2.24, 2.45) is 0 Å². The number of benzene rings is 1. The highest BCUT2D eigenvalue weighted by atomic mass is 16.3. The van der Waals surface area contributed by atoms with Gasteiger partial charge in [-0.2, -0.15) is 0 Å². The smallest absolute Gasteiger partial charge is 0.115 e. The highest BCUT2D eigenvalue weighted by Gasteiger charge is 2.43. The van der Waals surface area contributed by atoms with Crippen LogP contribution in [0.25, 0.3) is 0 Å². The topological polar surface area (TPSA) is 32.3 Å². The maximum atomic E-state index is 9.35. The van der Waals surface area contributed by atoms with Gasteiger partial charge in [-0.3, -0.25) is 0 Å². The van der Waals surface area contributed by atoms with Gasteiger partial charge in [0.25, 0.3) is 0 Å². The molecule has 0 spiro atoms. The number of phenols is 1. The molecule has 0 heterocycles. The van der Waals surface area contributed by atoms with Gasteiger partial charge in [0.2, 0.25) is 0 Å². The van der Waals surface area contributed by atoms with Gasteiger partial charge in [0.1, 0.15) is 5.75 Å². The zero-order valence-corrected chi connectivity index (χ0v) is 7.88. The van der Waals surface area contributed by atoms with Crippen LogP contribution in [0, 0.1) is 0 Å². The fourth-order valence-electron chi connectivity index (χ4n) is 1.89. The number of phenolic OH excluding ortho intramolecular Hbond substituents is 1. The van der Waals surface area contributed by atoms with Gasteiger partial charge in [-0.05, 0) is 37.6 Å². The van der Waals surface area contributed by atoms with Crippen LogP contribution < -0.4 is 5.32 Å². The first-order valence-electron chi connectivity index (χ1n) is 4.71. The van der Waals surface area contributed by atoms with Gasteiger partial charge in [0.05, 0.1) is 0 Å². The van der Waals surface area contributed by atoms with Gasteiger partial charge in [0.15, 0.2) is 0 Å². The summed E-state index contributed by atoms with van der Waals surface area (Å²) in [5, 5.41) is 12.6. The summed E-state index contributed by atoms with van der Waals surface area (Å²) in [7, 11) is 1.98. The number of hydrogen-bond acceptors (Lipinski definition) is 2. The highest BCUT2D eigenvalue weighted by Crippen LogP contribution is 2.48. The average Bonchev–Trinajstić information content (AvgIpc) is 2.86. The Hall–Kier alpha value is -1.02. The van der Waals surface area contributed by atoms with Crippen molar-refractivity contribution in [1.82, 2.24) is 5.32 Å². The SMILES string of the molecule is CNCC1(c2cccc(O)c2)CC1. The van der Waals surface area contributed by atoms with Crippen molar-refractivity contribution in [2.45, 2.75) is 18.3 Å². The highest BCUT2D eigenvalue weighted by molar-refractivity contribution is 5.37. The Bertz CT molecular complexity index is 305. The van der Waals surface area contributed by atoms with Gasteiger partial charge in [-0.1, -0.05) is 12.1 Å². The largest absolute Gasteiger partial charge is 0.508 e. The van der Waals surface area contributed by atoms with Gasteiger partial charge in [0, 0.05) is 12.0 Å². The van der Waals surface area contributed by atoms with Crippen LogP contribution in [-0.4, -0.2) is 18.7 Å². The molecular weight excluding hydrogens is 162 g/mol. The Morgan fingerprint density at radius 3 is 2.77 bits per heavy atom. The molecule has 0 atom stereocenters. The maximum absolute atomic E-state index is 9.35. The first-order valence-corrected chi connectivity index (χ1v) is 4.71. The summed E-state index contributed by atoms with van der Waals surface area (Å²) in [4.78, 5) is 0. The second kappa shape index (κ2) is 3.04. The first-order chi connectivity index (χ1) is 6.27. The Kier molecular flexibility index (Phi) is 2.00. The lowest BCUT2D eigenvalue weighted by atomic mass is 9.96. The van der Waals surface area contributed by atoms with E-state index in [9.17, 15) is 5.11 Å². The van der Waals surface area contributed by atoms with E-state index in [1.165, 1.54) is 18.4 Å². The molecule has 0 bridgehead atoms. The van der Waals surface area contributed by atoms with Crippen LogP contribution in [-0.2, 0) is 5.41 Å². The molecule has 1 fully saturated rings. The molecule has 0 amide bonds. The minimum absolute atomic E-state index is 0.313. The summed E-state index contributed by atoms with van der Waals surface area (Å²) in [5.74, 6) is 0.375. The van der Waals surface area contributed by atoms with Crippen LogP contribution in [0.1, 0.15) is 18.4 Å². The quantitative estimate of drug-likeness (QED) is 0.735. The van der Waals surface area contributed by atoms with E-state index in [-0.39, 0.29) is 0 Å². The van der Waals surface area contributed by atoms with Crippen LogP contribution in [0.2, 0.25) is 0 Å². The van der Waals surface area contributed by atoms with Crippen LogP contribution in [0.15, 0.2) is 24.3 Å². The van der Waals surface area contributed by atoms with E-state index in [1.54, 1.807) is 6.07 Å². The zero-order valence-electron chi connectivity index (χ0n) is 7.88. The summed E-state index contributed by atoms with van der Waals surface area (Å²) in [5.41, 5.74) is 1.58. The Morgan fingerprint density at radius 1 is 1.46 bits per heavy atom. The van der Waals surface area contributed by atoms with E-state index in [1.807, 2.05) is 19.2 Å². The molecule has 70 valence electrons. The summed E-state index contributed by atoms with van der Waals surface area (Å²) in [6.45, 7) is 1.01. The van der Waals surface area contributed by atoms with E-state index in [4.69, 9.17) is 0 Å². The van der Waals surface area contributed by atoms with Crippen LogP contribution in [0.5, 0.6) is 5.75 Å². The molecule has 2 rings (SSSR count). The van der Waals surface area contributed by atoms with Crippen LogP contribution in [0.4, 0.5) is 0 Å². The van der Waals surface area contributed by atoms with Crippen molar-refractivity contribution in [3.8, 4) is 5.75 Å². The molecule has 1 saturated carbocycles. The van der Waals surface area contributed by atoms with Gasteiger partial charge in [-0.15, -0.1) is 0 Å². The molecule has 1 aliphatic rings. The third kappa shape index (κ3) is 1.54. The van der Waals surface area contributed by atoms with Crippen molar-refractivity contribution in [2.75, 3.05) is 13.6 Å². The van der Waals surface area contributed by atoms with Crippen molar-refractivity contribution in [3.05, 3.63) is 29.8 Å². The molecule has 0 radical (unpaired) electrons. The molecule has 0 aromatic heterocycles. The lowest BCUT2D eigenvalue weighted by Crippen LogP contribution is -2.23. The number of hydrogen-bond donors (Lipinski definition) is 2. The minimum atomic E-state index is 0.313. The Morgan fingerprint density at radius 2 is 2.23 bits per heavy atom. The molecule has 1 aromatic carbocycles. The van der Waals surface area contributed by atoms with E-state index in [0.717, 1.165) is 6.54 Å². The lowest BCUT2D eigenvalue weighted by Gasteiger charge is -2.14. The molecule has 2 N–H and O–H groups in total. The summed E-state index contributed by atoms with van der Waals surface area (Å²) in [6, 6.07) is 7.62. The third-order valence-electron chi connectivity index (χ3n) is 2.83. The lowest BCUT2D eigenvalue weighted by molar-refractivity contribution is 0.473. The molecule has 2 nitrogen and oxygen atoms in total. The standard InChI is InChI=1S/C11H15NO/c1-12-8-11(5-6-11)9-3-2-4-10(13)7-9/h2-4,7,12-13H,5-6,8H2,1H3. The summed E-state index contributed by atoms with van der Waals surface area (Å²) < 4.78 is 0.